The molecule has 0 amide bonds. The fraction of sp³-hybridized carbons (Fsp3) is 0.926. The van der Waals surface area contributed by atoms with E-state index in [1.165, 1.54) is 70.6 Å². The fourth-order valence-corrected chi connectivity index (χ4v) is 7.46. The minimum absolute atomic E-state index is 0.414. The summed E-state index contributed by atoms with van der Waals surface area (Å²) in [5.41, 5.74) is 9.00. The molecule has 0 aromatic carbocycles. The van der Waals surface area contributed by atoms with Gasteiger partial charge in [-0.15, -0.1) is 0 Å². The van der Waals surface area contributed by atoms with E-state index in [0.717, 1.165) is 29.6 Å². The van der Waals surface area contributed by atoms with Crippen LogP contribution in [0.5, 0.6) is 0 Å². The summed E-state index contributed by atoms with van der Waals surface area (Å²) < 4.78 is 0. The first-order valence-electron chi connectivity index (χ1n) is 12.6. The van der Waals surface area contributed by atoms with Gasteiger partial charge in [-0.25, -0.2) is 0 Å². The van der Waals surface area contributed by atoms with Crippen molar-refractivity contribution in [2.45, 2.75) is 118 Å². The highest BCUT2D eigenvalue weighted by atomic mass is 14.7. The van der Waals surface area contributed by atoms with E-state index in [2.05, 4.69) is 47.6 Å². The van der Waals surface area contributed by atoms with Gasteiger partial charge in [0.15, 0.2) is 0 Å². The molecule has 1 heteroatoms. The third kappa shape index (κ3) is 4.71. The van der Waals surface area contributed by atoms with Crippen LogP contribution in [-0.4, -0.2) is 6.04 Å². The van der Waals surface area contributed by atoms with Crippen molar-refractivity contribution in [1.82, 2.24) is 0 Å². The van der Waals surface area contributed by atoms with Crippen molar-refractivity contribution < 1.29 is 0 Å². The lowest BCUT2D eigenvalue weighted by atomic mass is 9.52. The van der Waals surface area contributed by atoms with Gasteiger partial charge in [-0.2, -0.15) is 0 Å². The molecule has 0 spiro atoms. The Labute approximate surface area is 176 Å². The maximum absolute atomic E-state index is 6.34. The molecule has 2 N–H and O–H groups in total. The number of fused-ring (bicyclic) bond motifs is 3. The molecule has 162 valence electrons. The summed E-state index contributed by atoms with van der Waals surface area (Å²) >= 11 is 0. The second kappa shape index (κ2) is 8.83. The smallest absolute Gasteiger partial charge is 0.00766 e. The van der Waals surface area contributed by atoms with Crippen LogP contribution in [0.2, 0.25) is 0 Å². The SMILES string of the molecule is CC(C)CCCC(C)C1CCC2CC=C3CC(N)CCC3(C)C2CCC1(C)C. The summed E-state index contributed by atoms with van der Waals surface area (Å²) in [7, 11) is 0. The van der Waals surface area contributed by atoms with Gasteiger partial charge in [-0.1, -0.05) is 72.5 Å². The minimum Gasteiger partial charge on any atom is -0.327 e. The van der Waals surface area contributed by atoms with Crippen LogP contribution in [0.15, 0.2) is 11.6 Å². The van der Waals surface area contributed by atoms with Crippen molar-refractivity contribution in [3.05, 3.63) is 11.6 Å². The summed E-state index contributed by atoms with van der Waals surface area (Å²) in [6.07, 6.45) is 17.7. The van der Waals surface area contributed by atoms with Gasteiger partial charge in [0, 0.05) is 6.04 Å². The molecule has 1 nitrogen and oxygen atoms in total. The molecule has 6 atom stereocenters. The Kier molecular flexibility index (Phi) is 7.06. The lowest BCUT2D eigenvalue weighted by Gasteiger charge is -2.53. The van der Waals surface area contributed by atoms with E-state index in [1.807, 2.05) is 0 Å². The predicted octanol–water partition coefficient (Wildman–Crippen LogP) is 7.75. The molecule has 3 aliphatic rings. The second-order valence-electron chi connectivity index (χ2n) is 12.3. The normalized spacial score (nSPS) is 39.4. The largest absolute Gasteiger partial charge is 0.327 e. The van der Waals surface area contributed by atoms with Crippen molar-refractivity contribution in [3.63, 3.8) is 0 Å². The number of hydrogen-bond acceptors (Lipinski definition) is 1. The molecular weight excluding hydrogens is 338 g/mol. The summed E-state index contributed by atoms with van der Waals surface area (Å²) in [6, 6.07) is 0.414. The van der Waals surface area contributed by atoms with E-state index in [9.17, 15) is 0 Å². The predicted molar refractivity (Wildman–Crippen MR) is 123 cm³/mol. The highest BCUT2D eigenvalue weighted by Gasteiger charge is 2.48. The van der Waals surface area contributed by atoms with Gasteiger partial charge >= 0.3 is 0 Å². The van der Waals surface area contributed by atoms with Crippen molar-refractivity contribution in [3.8, 4) is 0 Å². The summed E-state index contributed by atoms with van der Waals surface area (Å²) in [6.45, 7) is 15.1. The van der Waals surface area contributed by atoms with E-state index >= 15 is 0 Å². The molecule has 28 heavy (non-hydrogen) atoms. The van der Waals surface area contributed by atoms with Crippen molar-refractivity contribution >= 4 is 0 Å². The molecular formula is C27H49N. The standard InChI is InChI=1S/C27H49N/c1-19(2)8-7-9-20(3)24-13-11-21-10-12-22-18-23(28)14-17-27(22,6)25(21)15-16-26(24,4)5/h12,19-21,23-25H,7-11,13-18,28H2,1-6H3. The summed E-state index contributed by atoms with van der Waals surface area (Å²) in [4.78, 5) is 0. The van der Waals surface area contributed by atoms with E-state index in [1.54, 1.807) is 5.57 Å². The monoisotopic (exact) mass is 387 g/mol. The van der Waals surface area contributed by atoms with Crippen LogP contribution in [0.1, 0.15) is 112 Å². The number of nitrogens with two attached hydrogens (primary N) is 1. The van der Waals surface area contributed by atoms with Gasteiger partial charge in [0.1, 0.15) is 0 Å². The molecule has 0 bridgehead atoms. The average molecular weight is 388 g/mol. The molecule has 3 aliphatic carbocycles. The zero-order valence-corrected chi connectivity index (χ0v) is 19.9. The maximum atomic E-state index is 6.34. The number of rotatable bonds is 5. The lowest BCUT2D eigenvalue weighted by Crippen LogP contribution is -2.45. The van der Waals surface area contributed by atoms with Crippen molar-refractivity contribution in [1.29, 1.82) is 0 Å². The quantitative estimate of drug-likeness (QED) is 0.479. The highest BCUT2D eigenvalue weighted by molar-refractivity contribution is 5.23. The summed E-state index contributed by atoms with van der Waals surface area (Å²) in [5.74, 6) is 4.45. The highest BCUT2D eigenvalue weighted by Crippen LogP contribution is 2.58. The average Bonchev–Trinajstić information content (AvgIpc) is 2.59. The molecule has 0 radical (unpaired) electrons. The number of allylic oxidation sites excluding steroid dienone is 1. The van der Waals surface area contributed by atoms with Gasteiger partial charge < -0.3 is 5.73 Å². The van der Waals surface area contributed by atoms with E-state index in [4.69, 9.17) is 5.73 Å². The zero-order chi connectivity index (χ0) is 20.5. The minimum atomic E-state index is 0.414. The molecule has 2 fully saturated rings. The van der Waals surface area contributed by atoms with Crippen LogP contribution in [0.4, 0.5) is 0 Å². The number of hydrogen-bond donors (Lipinski definition) is 1. The molecule has 0 aromatic heterocycles. The summed E-state index contributed by atoms with van der Waals surface area (Å²) in [5, 5.41) is 0. The zero-order valence-electron chi connectivity index (χ0n) is 19.9. The molecule has 0 saturated heterocycles. The van der Waals surface area contributed by atoms with Crippen LogP contribution >= 0.6 is 0 Å². The molecule has 2 saturated carbocycles. The lowest BCUT2D eigenvalue weighted by molar-refractivity contribution is 0.0223. The first-order valence-corrected chi connectivity index (χ1v) is 12.6. The molecule has 3 rings (SSSR count). The van der Waals surface area contributed by atoms with Crippen LogP contribution in [0.25, 0.3) is 0 Å². The Bertz CT molecular complexity index is 544. The van der Waals surface area contributed by atoms with Gasteiger partial charge in [0.05, 0.1) is 0 Å². The van der Waals surface area contributed by atoms with Gasteiger partial charge in [0.25, 0.3) is 0 Å². The third-order valence-electron chi connectivity index (χ3n) is 9.38. The van der Waals surface area contributed by atoms with Crippen LogP contribution in [-0.2, 0) is 0 Å². The van der Waals surface area contributed by atoms with Crippen molar-refractivity contribution in [2.75, 3.05) is 0 Å². The van der Waals surface area contributed by atoms with Crippen LogP contribution in [0, 0.1) is 40.4 Å². The Morgan fingerprint density at radius 3 is 2.46 bits per heavy atom. The topological polar surface area (TPSA) is 26.0 Å². The molecule has 0 aliphatic heterocycles. The van der Waals surface area contributed by atoms with Crippen molar-refractivity contribution in [2.24, 2.45) is 46.2 Å². The fourth-order valence-electron chi connectivity index (χ4n) is 7.46. The third-order valence-corrected chi connectivity index (χ3v) is 9.38. The second-order valence-corrected chi connectivity index (χ2v) is 12.3. The van der Waals surface area contributed by atoms with E-state index < -0.39 is 0 Å². The molecule has 0 aromatic rings. The van der Waals surface area contributed by atoms with E-state index in [-0.39, 0.29) is 0 Å². The maximum Gasteiger partial charge on any atom is 0.00766 e. The van der Waals surface area contributed by atoms with Gasteiger partial charge in [-0.05, 0) is 91.8 Å². The first kappa shape index (κ1) is 22.4. The Hall–Kier alpha value is -0.300. The van der Waals surface area contributed by atoms with Crippen LogP contribution < -0.4 is 5.73 Å². The first-order chi connectivity index (χ1) is 13.1. The molecule has 6 unspecified atom stereocenters. The van der Waals surface area contributed by atoms with Gasteiger partial charge in [-0.3, -0.25) is 0 Å². The Morgan fingerprint density at radius 2 is 1.75 bits per heavy atom. The van der Waals surface area contributed by atoms with Crippen LogP contribution in [0.3, 0.4) is 0 Å². The van der Waals surface area contributed by atoms with E-state index in [0.29, 0.717) is 16.9 Å². The Morgan fingerprint density at radius 1 is 1.00 bits per heavy atom. The van der Waals surface area contributed by atoms with Gasteiger partial charge in [0.2, 0.25) is 0 Å². The molecule has 0 heterocycles. The Balaban J connectivity index is 1.70.